The van der Waals surface area contributed by atoms with Gasteiger partial charge in [-0.3, -0.25) is 9.69 Å². The molecule has 2 fully saturated rings. The van der Waals surface area contributed by atoms with Crippen LogP contribution in [0.5, 0.6) is 0 Å². The minimum absolute atomic E-state index is 0.193. The van der Waals surface area contributed by atoms with Gasteiger partial charge in [0, 0.05) is 12.0 Å². The maximum Gasteiger partial charge on any atom is 0.246 e. The molecular weight excluding hydrogens is 318 g/mol. The van der Waals surface area contributed by atoms with Crippen molar-refractivity contribution in [1.82, 2.24) is 25.3 Å². The van der Waals surface area contributed by atoms with Crippen LogP contribution in [-0.4, -0.2) is 64.6 Å². The summed E-state index contributed by atoms with van der Waals surface area (Å²) in [4.78, 5) is 21.8. The first kappa shape index (κ1) is 18.3. The van der Waals surface area contributed by atoms with Crippen molar-refractivity contribution >= 4 is 5.91 Å². The van der Waals surface area contributed by atoms with E-state index in [2.05, 4.69) is 20.4 Å². The van der Waals surface area contributed by atoms with Crippen molar-refractivity contribution in [3.8, 4) is 0 Å². The van der Waals surface area contributed by atoms with Crippen LogP contribution in [0.3, 0.4) is 0 Å². The van der Waals surface area contributed by atoms with Gasteiger partial charge in [0.15, 0.2) is 5.82 Å². The Morgan fingerprint density at radius 2 is 2.00 bits per heavy atom. The van der Waals surface area contributed by atoms with Gasteiger partial charge in [-0.25, -0.2) is 0 Å². The van der Waals surface area contributed by atoms with Crippen molar-refractivity contribution < 1.29 is 9.32 Å². The first-order chi connectivity index (χ1) is 12.1. The maximum atomic E-state index is 13.0. The number of hydrogen-bond acceptors (Lipinski definition) is 6. The lowest BCUT2D eigenvalue weighted by Gasteiger charge is -2.36. The fourth-order valence-corrected chi connectivity index (χ4v) is 3.65. The van der Waals surface area contributed by atoms with Crippen molar-refractivity contribution in [1.29, 1.82) is 0 Å². The number of rotatable bonds is 6. The Morgan fingerprint density at radius 3 is 2.64 bits per heavy atom. The largest absolute Gasteiger partial charge is 0.337 e. The summed E-state index contributed by atoms with van der Waals surface area (Å²) in [6.07, 6.45) is 5.64. The van der Waals surface area contributed by atoms with Crippen LogP contribution in [0.25, 0.3) is 0 Å². The number of carbonyl (C=O) groups is 1. The number of nitrogens with zero attached hydrogens (tertiary/aromatic N) is 4. The van der Waals surface area contributed by atoms with Crippen LogP contribution < -0.4 is 5.32 Å². The molecule has 25 heavy (non-hydrogen) atoms. The third-order valence-corrected chi connectivity index (χ3v) is 5.18. The Labute approximate surface area is 150 Å². The van der Waals surface area contributed by atoms with Crippen molar-refractivity contribution in [3.05, 3.63) is 11.7 Å². The molecule has 0 radical (unpaired) electrons. The quantitative estimate of drug-likeness (QED) is 0.843. The molecule has 3 heterocycles. The van der Waals surface area contributed by atoms with Gasteiger partial charge in [0.05, 0.1) is 6.54 Å². The predicted octanol–water partition coefficient (Wildman–Crippen LogP) is 1.76. The van der Waals surface area contributed by atoms with Crippen LogP contribution in [0, 0.1) is 0 Å². The lowest BCUT2D eigenvalue weighted by atomic mass is 10.0. The molecular formula is C18H31N5O2. The molecule has 2 aliphatic rings. The second-order valence-electron chi connectivity index (χ2n) is 7.54. The van der Waals surface area contributed by atoms with E-state index in [-0.39, 0.29) is 17.9 Å². The van der Waals surface area contributed by atoms with E-state index >= 15 is 0 Å². The topological polar surface area (TPSA) is 74.5 Å². The lowest BCUT2D eigenvalue weighted by Crippen LogP contribution is -2.49. The maximum absolute atomic E-state index is 13.0. The SMILES string of the molecule is CC(C)c1noc(CN(C(=O)CN2CCCCC2)C2CCNCC2)n1. The molecule has 7 nitrogen and oxygen atoms in total. The zero-order valence-electron chi connectivity index (χ0n) is 15.5. The zero-order valence-corrected chi connectivity index (χ0v) is 15.5. The Kier molecular flexibility index (Phi) is 6.42. The number of carbonyl (C=O) groups excluding carboxylic acids is 1. The number of likely N-dealkylation sites (tertiary alicyclic amines) is 1. The Hall–Kier alpha value is -1.47. The van der Waals surface area contributed by atoms with Crippen molar-refractivity contribution in [2.75, 3.05) is 32.7 Å². The molecule has 0 spiro atoms. The smallest absolute Gasteiger partial charge is 0.246 e. The third kappa shape index (κ3) is 5.01. The predicted molar refractivity (Wildman–Crippen MR) is 95.1 cm³/mol. The van der Waals surface area contributed by atoms with Gasteiger partial charge >= 0.3 is 0 Å². The molecule has 0 bridgehead atoms. The Morgan fingerprint density at radius 1 is 1.28 bits per heavy atom. The summed E-state index contributed by atoms with van der Waals surface area (Å²) >= 11 is 0. The highest BCUT2D eigenvalue weighted by atomic mass is 16.5. The summed E-state index contributed by atoms with van der Waals surface area (Å²) in [6.45, 7) is 9.00. The average molecular weight is 349 g/mol. The fraction of sp³-hybridized carbons (Fsp3) is 0.833. The van der Waals surface area contributed by atoms with Gasteiger partial charge in [-0.05, 0) is 51.9 Å². The fourth-order valence-electron chi connectivity index (χ4n) is 3.65. The van der Waals surface area contributed by atoms with E-state index in [9.17, 15) is 4.79 Å². The summed E-state index contributed by atoms with van der Waals surface area (Å²) < 4.78 is 5.40. The highest BCUT2D eigenvalue weighted by Crippen LogP contribution is 2.18. The molecule has 0 saturated carbocycles. The number of aromatic nitrogens is 2. The summed E-state index contributed by atoms with van der Waals surface area (Å²) in [5, 5.41) is 7.42. The second-order valence-corrected chi connectivity index (χ2v) is 7.54. The van der Waals surface area contributed by atoms with Crippen molar-refractivity contribution in [2.24, 2.45) is 0 Å². The van der Waals surface area contributed by atoms with Gasteiger partial charge in [0.25, 0.3) is 0 Å². The van der Waals surface area contributed by atoms with Gasteiger partial charge in [-0.2, -0.15) is 4.98 Å². The minimum Gasteiger partial charge on any atom is -0.337 e. The molecule has 0 aromatic carbocycles. The highest BCUT2D eigenvalue weighted by molar-refractivity contribution is 5.78. The summed E-state index contributed by atoms with van der Waals surface area (Å²) in [7, 11) is 0. The standard InChI is InChI=1S/C18H31N5O2/c1-14(2)18-20-16(25-21-18)12-23(15-6-8-19-9-7-15)17(24)13-22-10-4-3-5-11-22/h14-15,19H,3-13H2,1-2H3. The van der Waals surface area contributed by atoms with E-state index in [1.807, 2.05) is 18.7 Å². The van der Waals surface area contributed by atoms with Gasteiger partial charge < -0.3 is 14.7 Å². The molecule has 0 aliphatic carbocycles. The van der Waals surface area contributed by atoms with Crippen molar-refractivity contribution in [2.45, 2.75) is 64.5 Å². The zero-order chi connectivity index (χ0) is 17.6. The summed E-state index contributed by atoms with van der Waals surface area (Å²) in [6, 6.07) is 0.257. The van der Waals surface area contributed by atoms with Crippen LogP contribution in [0.1, 0.15) is 63.6 Å². The summed E-state index contributed by atoms with van der Waals surface area (Å²) in [5.74, 6) is 1.69. The van der Waals surface area contributed by atoms with E-state index in [1.165, 1.54) is 19.3 Å². The lowest BCUT2D eigenvalue weighted by molar-refractivity contribution is -0.136. The van der Waals surface area contributed by atoms with Gasteiger partial charge in [0.1, 0.15) is 6.54 Å². The molecule has 1 N–H and O–H groups in total. The van der Waals surface area contributed by atoms with E-state index in [0.29, 0.717) is 24.8 Å². The molecule has 7 heteroatoms. The molecule has 0 unspecified atom stereocenters. The van der Waals surface area contributed by atoms with E-state index in [1.54, 1.807) is 0 Å². The average Bonchev–Trinajstić information content (AvgIpc) is 3.10. The van der Waals surface area contributed by atoms with Crippen molar-refractivity contribution in [3.63, 3.8) is 0 Å². The number of amides is 1. The molecule has 2 saturated heterocycles. The monoisotopic (exact) mass is 349 g/mol. The second kappa shape index (κ2) is 8.76. The van der Waals surface area contributed by atoms with E-state index in [0.717, 1.165) is 39.0 Å². The number of nitrogens with one attached hydrogen (secondary N) is 1. The first-order valence-electron chi connectivity index (χ1n) is 9.68. The van der Waals surface area contributed by atoms with Crippen LogP contribution in [0.2, 0.25) is 0 Å². The molecule has 1 aromatic rings. The van der Waals surface area contributed by atoms with Gasteiger partial charge in [-0.1, -0.05) is 25.4 Å². The first-order valence-corrected chi connectivity index (χ1v) is 9.68. The van der Waals surface area contributed by atoms with Crippen LogP contribution in [-0.2, 0) is 11.3 Å². The molecule has 1 aromatic heterocycles. The Bertz CT molecular complexity index is 547. The number of piperidine rings is 2. The minimum atomic E-state index is 0.193. The molecule has 0 atom stereocenters. The normalized spacial score (nSPS) is 20.1. The molecule has 2 aliphatic heterocycles. The van der Waals surface area contributed by atoms with E-state index < -0.39 is 0 Å². The van der Waals surface area contributed by atoms with Crippen LogP contribution in [0.4, 0.5) is 0 Å². The summed E-state index contributed by atoms with van der Waals surface area (Å²) in [5.41, 5.74) is 0. The Balaban J connectivity index is 1.68. The van der Waals surface area contributed by atoms with Gasteiger partial charge in [-0.15, -0.1) is 0 Å². The third-order valence-electron chi connectivity index (χ3n) is 5.18. The van der Waals surface area contributed by atoms with Crippen LogP contribution >= 0.6 is 0 Å². The molecule has 140 valence electrons. The molecule has 1 amide bonds. The van der Waals surface area contributed by atoms with E-state index in [4.69, 9.17) is 4.52 Å². The van der Waals surface area contributed by atoms with Crippen LogP contribution in [0.15, 0.2) is 4.52 Å². The molecule has 3 rings (SSSR count). The van der Waals surface area contributed by atoms with Gasteiger partial charge in [0.2, 0.25) is 11.8 Å². The highest BCUT2D eigenvalue weighted by Gasteiger charge is 2.28. The number of hydrogen-bond donors (Lipinski definition) is 1.